The van der Waals surface area contributed by atoms with E-state index in [9.17, 15) is 10.1 Å². The Balaban J connectivity index is 1.73. The molecule has 6 nitrogen and oxygen atoms in total. The second-order valence-electron chi connectivity index (χ2n) is 8.58. The van der Waals surface area contributed by atoms with Crippen LogP contribution in [0.1, 0.15) is 16.7 Å². The summed E-state index contributed by atoms with van der Waals surface area (Å²) in [6, 6.07) is 22.8. The van der Waals surface area contributed by atoms with Crippen LogP contribution >= 0.6 is 23.4 Å². The van der Waals surface area contributed by atoms with Gasteiger partial charge < -0.3 is 14.8 Å². The topological polar surface area (TPSA) is 84.2 Å². The van der Waals surface area contributed by atoms with Crippen molar-refractivity contribution in [2.24, 2.45) is 0 Å². The van der Waals surface area contributed by atoms with Crippen molar-refractivity contribution < 1.29 is 14.3 Å². The Morgan fingerprint density at radius 3 is 2.34 bits per heavy atom. The average molecular weight is 544 g/mol. The number of pyridine rings is 1. The molecule has 1 N–H and O–H groups in total. The molecule has 0 aliphatic heterocycles. The van der Waals surface area contributed by atoms with Crippen LogP contribution in [-0.2, 0) is 4.79 Å². The first-order chi connectivity index (χ1) is 18.3. The van der Waals surface area contributed by atoms with Crippen LogP contribution in [0.3, 0.4) is 0 Å². The minimum Gasteiger partial charge on any atom is -0.493 e. The monoisotopic (exact) mass is 543 g/mol. The number of ether oxygens (including phenoxy) is 2. The molecule has 0 atom stereocenters. The van der Waals surface area contributed by atoms with Crippen molar-refractivity contribution in [3.63, 3.8) is 0 Å². The van der Waals surface area contributed by atoms with E-state index in [0.717, 1.165) is 27.9 Å². The first kappa shape index (κ1) is 27.1. The van der Waals surface area contributed by atoms with E-state index in [0.29, 0.717) is 38.4 Å². The van der Waals surface area contributed by atoms with Crippen molar-refractivity contribution in [3.05, 3.63) is 88.4 Å². The van der Waals surface area contributed by atoms with Gasteiger partial charge in [0.2, 0.25) is 5.91 Å². The number of carbonyl (C=O) groups excluding carboxylic acids is 1. The lowest BCUT2D eigenvalue weighted by molar-refractivity contribution is -0.113. The molecule has 1 aromatic heterocycles. The van der Waals surface area contributed by atoms with Crippen molar-refractivity contribution in [3.8, 4) is 40.0 Å². The fourth-order valence-electron chi connectivity index (χ4n) is 4.01. The van der Waals surface area contributed by atoms with Crippen molar-refractivity contribution in [1.29, 1.82) is 5.26 Å². The number of hydrogen-bond donors (Lipinski definition) is 1. The molecule has 1 amide bonds. The second kappa shape index (κ2) is 12.0. The number of amides is 1. The maximum absolute atomic E-state index is 12.8. The molecule has 0 radical (unpaired) electrons. The number of nitrogens with zero attached hydrogens (tertiary/aromatic N) is 2. The van der Waals surface area contributed by atoms with E-state index in [4.69, 9.17) is 26.1 Å². The van der Waals surface area contributed by atoms with E-state index in [1.807, 2.05) is 62.4 Å². The third-order valence-corrected chi connectivity index (χ3v) is 7.16. The Kier molecular flexibility index (Phi) is 8.57. The quantitative estimate of drug-likeness (QED) is 0.235. The summed E-state index contributed by atoms with van der Waals surface area (Å²) < 4.78 is 10.9. The highest BCUT2D eigenvalue weighted by molar-refractivity contribution is 8.00. The molecule has 0 unspecified atom stereocenters. The van der Waals surface area contributed by atoms with Crippen LogP contribution < -0.4 is 14.8 Å². The van der Waals surface area contributed by atoms with Crippen LogP contribution in [-0.4, -0.2) is 30.9 Å². The van der Waals surface area contributed by atoms with E-state index in [1.165, 1.54) is 11.8 Å². The molecule has 0 aliphatic rings. The van der Waals surface area contributed by atoms with Gasteiger partial charge in [0.1, 0.15) is 11.1 Å². The van der Waals surface area contributed by atoms with Crippen LogP contribution in [0, 0.1) is 25.2 Å². The smallest absolute Gasteiger partial charge is 0.234 e. The minimum absolute atomic E-state index is 0.0877. The predicted octanol–water partition coefficient (Wildman–Crippen LogP) is 7.31. The van der Waals surface area contributed by atoms with Gasteiger partial charge in [0, 0.05) is 21.8 Å². The molecule has 0 fully saturated rings. The zero-order valence-corrected chi connectivity index (χ0v) is 23.0. The lowest BCUT2D eigenvalue weighted by atomic mass is 9.99. The zero-order valence-electron chi connectivity index (χ0n) is 21.5. The molecule has 0 aliphatic carbocycles. The third kappa shape index (κ3) is 6.10. The Hall–Kier alpha value is -3.99. The van der Waals surface area contributed by atoms with Gasteiger partial charge in [-0.25, -0.2) is 4.98 Å². The Labute approximate surface area is 231 Å². The van der Waals surface area contributed by atoms with Gasteiger partial charge in [-0.15, -0.1) is 0 Å². The number of rotatable bonds is 8. The number of nitrogens with one attached hydrogen (secondary N) is 1. The summed E-state index contributed by atoms with van der Waals surface area (Å²) in [6.07, 6.45) is 0. The molecule has 0 saturated heterocycles. The van der Waals surface area contributed by atoms with E-state index in [1.54, 1.807) is 32.4 Å². The number of methoxy groups -OCH3 is 2. The largest absolute Gasteiger partial charge is 0.493 e. The zero-order chi connectivity index (χ0) is 27.2. The highest BCUT2D eigenvalue weighted by Gasteiger charge is 2.19. The molecule has 192 valence electrons. The molecule has 1 heterocycles. The summed E-state index contributed by atoms with van der Waals surface area (Å²) >= 11 is 7.32. The number of thioether (sulfide) groups is 1. The lowest BCUT2D eigenvalue weighted by Gasteiger charge is -2.15. The number of anilines is 1. The first-order valence-electron chi connectivity index (χ1n) is 11.8. The van der Waals surface area contributed by atoms with Gasteiger partial charge in [-0.05, 0) is 61.4 Å². The Bertz CT molecular complexity index is 1530. The number of carbonyl (C=O) groups is 1. The predicted molar refractivity (Wildman–Crippen MR) is 153 cm³/mol. The van der Waals surface area contributed by atoms with Crippen molar-refractivity contribution in [2.75, 3.05) is 25.3 Å². The molecule has 3 aromatic carbocycles. The van der Waals surface area contributed by atoms with E-state index in [2.05, 4.69) is 11.4 Å². The summed E-state index contributed by atoms with van der Waals surface area (Å²) in [5.41, 5.74) is 6.17. The maximum Gasteiger partial charge on any atom is 0.234 e. The van der Waals surface area contributed by atoms with Crippen molar-refractivity contribution >= 4 is 35.0 Å². The van der Waals surface area contributed by atoms with Gasteiger partial charge >= 0.3 is 0 Å². The lowest BCUT2D eigenvalue weighted by Crippen LogP contribution is -2.15. The summed E-state index contributed by atoms with van der Waals surface area (Å²) in [6.45, 7) is 3.96. The van der Waals surface area contributed by atoms with Crippen LogP contribution in [0.5, 0.6) is 11.5 Å². The van der Waals surface area contributed by atoms with Gasteiger partial charge in [0.15, 0.2) is 11.5 Å². The van der Waals surface area contributed by atoms with Gasteiger partial charge in [0.25, 0.3) is 0 Å². The van der Waals surface area contributed by atoms with Gasteiger partial charge in [0.05, 0.1) is 31.2 Å². The molecular weight excluding hydrogens is 518 g/mol. The van der Waals surface area contributed by atoms with Gasteiger partial charge in [-0.1, -0.05) is 59.3 Å². The van der Waals surface area contributed by atoms with Gasteiger partial charge in [-0.3, -0.25) is 4.79 Å². The molecule has 8 heteroatoms. The number of nitriles is 1. The van der Waals surface area contributed by atoms with Crippen molar-refractivity contribution in [1.82, 2.24) is 4.98 Å². The number of halogens is 1. The number of aromatic nitrogens is 1. The summed E-state index contributed by atoms with van der Waals surface area (Å²) in [4.78, 5) is 17.6. The Morgan fingerprint density at radius 1 is 0.974 bits per heavy atom. The minimum atomic E-state index is -0.183. The fourth-order valence-corrected chi connectivity index (χ4v) is 4.94. The molecule has 38 heavy (non-hydrogen) atoms. The first-order valence-corrected chi connectivity index (χ1v) is 13.1. The number of aryl methyl sites for hydroxylation is 2. The highest BCUT2D eigenvalue weighted by Crippen LogP contribution is 2.38. The van der Waals surface area contributed by atoms with E-state index >= 15 is 0 Å². The SMILES string of the molecule is COc1ccc(-c2cc(-c3ccc(Cl)cc3)nc(SCC(=O)Nc3ccc(C)cc3C)c2C#N)cc1OC. The molecule has 4 aromatic rings. The van der Waals surface area contributed by atoms with E-state index in [-0.39, 0.29) is 11.7 Å². The number of benzene rings is 3. The average Bonchev–Trinajstić information content (AvgIpc) is 2.92. The fraction of sp³-hybridized carbons (Fsp3) is 0.167. The second-order valence-corrected chi connectivity index (χ2v) is 9.98. The summed E-state index contributed by atoms with van der Waals surface area (Å²) in [5, 5.41) is 14.2. The maximum atomic E-state index is 12.8. The highest BCUT2D eigenvalue weighted by atomic mass is 35.5. The van der Waals surface area contributed by atoms with E-state index < -0.39 is 0 Å². The summed E-state index contributed by atoms with van der Waals surface area (Å²) in [7, 11) is 3.13. The van der Waals surface area contributed by atoms with Crippen LogP contribution in [0.4, 0.5) is 5.69 Å². The molecule has 0 spiro atoms. The van der Waals surface area contributed by atoms with Crippen LogP contribution in [0.15, 0.2) is 71.8 Å². The normalized spacial score (nSPS) is 10.5. The molecular formula is C30H26ClN3O3S. The van der Waals surface area contributed by atoms with Crippen molar-refractivity contribution in [2.45, 2.75) is 18.9 Å². The standard InChI is InChI=1S/C30H26ClN3O3S/c1-18-5-11-25(19(2)13-18)33-29(35)17-38-30-24(16-32)23(21-8-12-27(36-3)28(14-21)37-4)15-26(34-30)20-6-9-22(31)10-7-20/h5-15H,17H2,1-4H3,(H,33,35). The molecule has 0 bridgehead atoms. The summed E-state index contributed by atoms with van der Waals surface area (Å²) in [5.74, 6) is 1.03. The van der Waals surface area contributed by atoms with Crippen LogP contribution in [0.2, 0.25) is 5.02 Å². The Morgan fingerprint density at radius 2 is 1.68 bits per heavy atom. The third-order valence-electron chi connectivity index (χ3n) is 5.93. The van der Waals surface area contributed by atoms with Gasteiger partial charge in [-0.2, -0.15) is 5.26 Å². The number of hydrogen-bond acceptors (Lipinski definition) is 6. The molecule has 4 rings (SSSR count). The van der Waals surface area contributed by atoms with Crippen LogP contribution in [0.25, 0.3) is 22.4 Å². The molecule has 0 saturated carbocycles.